The van der Waals surface area contributed by atoms with Gasteiger partial charge in [0, 0.05) is 30.4 Å². The van der Waals surface area contributed by atoms with Gasteiger partial charge in [-0.05, 0) is 31.2 Å². The maximum absolute atomic E-state index is 12.9. The van der Waals surface area contributed by atoms with Crippen LogP contribution in [0.4, 0.5) is 18.9 Å². The van der Waals surface area contributed by atoms with Crippen molar-refractivity contribution in [2.24, 2.45) is 0 Å². The first-order chi connectivity index (χ1) is 9.82. The number of hydrogen-bond donors (Lipinski definition) is 0. The van der Waals surface area contributed by atoms with Crippen molar-refractivity contribution in [1.82, 2.24) is 0 Å². The van der Waals surface area contributed by atoms with E-state index in [1.165, 1.54) is 18.4 Å². The summed E-state index contributed by atoms with van der Waals surface area (Å²) in [5, 5.41) is 0. The van der Waals surface area contributed by atoms with Crippen molar-refractivity contribution < 1.29 is 22.4 Å². The lowest BCUT2D eigenvalue weighted by molar-refractivity contribution is -0.137. The molecule has 0 saturated heterocycles. The van der Waals surface area contributed by atoms with Gasteiger partial charge in [-0.3, -0.25) is 4.79 Å². The van der Waals surface area contributed by atoms with Gasteiger partial charge < -0.3 is 9.32 Å². The maximum atomic E-state index is 12.9. The number of anilines is 1. The van der Waals surface area contributed by atoms with Crippen LogP contribution in [0.2, 0.25) is 0 Å². The number of hydrogen-bond acceptors (Lipinski definition) is 3. The number of alkyl halides is 3. The molecular weight excluding hydrogens is 283 g/mol. The Hall–Kier alpha value is -2.24. The molecule has 1 aromatic heterocycles. The molecule has 2 rings (SSSR count). The Morgan fingerprint density at radius 2 is 2.00 bits per heavy atom. The molecule has 0 bridgehead atoms. The smallest absolute Gasteiger partial charge is 0.417 e. The zero-order chi connectivity index (χ0) is 15.6. The minimum Gasteiger partial charge on any atom is -0.469 e. The van der Waals surface area contributed by atoms with Gasteiger partial charge in [0.1, 0.15) is 5.76 Å². The number of furan rings is 1. The summed E-state index contributed by atoms with van der Waals surface area (Å²) in [5.41, 5.74) is -0.0102. The second-order valence-corrected chi connectivity index (χ2v) is 4.75. The van der Waals surface area contributed by atoms with Crippen LogP contribution < -0.4 is 4.90 Å². The molecule has 1 heterocycles. The molecule has 3 nitrogen and oxygen atoms in total. The Morgan fingerprint density at radius 3 is 2.52 bits per heavy atom. The molecule has 0 radical (unpaired) electrons. The van der Waals surface area contributed by atoms with Crippen LogP contribution in [-0.4, -0.2) is 13.3 Å². The first kappa shape index (κ1) is 15.2. The molecule has 2 aromatic rings. The summed E-state index contributed by atoms with van der Waals surface area (Å²) >= 11 is 0. The second kappa shape index (κ2) is 5.63. The Morgan fingerprint density at radius 1 is 1.29 bits per heavy atom. The number of nitrogens with zero attached hydrogens (tertiary/aromatic N) is 1. The van der Waals surface area contributed by atoms with Crippen molar-refractivity contribution in [3.05, 3.63) is 53.0 Å². The largest absolute Gasteiger partial charge is 0.469 e. The highest BCUT2D eigenvalue weighted by Gasteiger charge is 2.33. The van der Waals surface area contributed by atoms with E-state index in [2.05, 4.69) is 0 Å². The lowest BCUT2D eigenvalue weighted by Gasteiger charge is -2.21. The summed E-state index contributed by atoms with van der Waals surface area (Å²) in [6, 6.07) is 5.44. The van der Waals surface area contributed by atoms with E-state index >= 15 is 0 Å². The minimum absolute atomic E-state index is 0.215. The SMILES string of the molecule is Cc1occc1CN(C)c1ccc(C=O)c(C(F)(F)F)c1. The summed E-state index contributed by atoms with van der Waals surface area (Å²) in [6.07, 6.45) is -2.80. The van der Waals surface area contributed by atoms with E-state index in [0.29, 0.717) is 12.2 Å². The minimum atomic E-state index is -4.56. The number of carbonyl (C=O) groups is 1. The first-order valence-corrected chi connectivity index (χ1v) is 6.23. The molecule has 0 N–H and O–H groups in total. The van der Waals surface area contributed by atoms with E-state index in [1.54, 1.807) is 24.9 Å². The van der Waals surface area contributed by atoms with Gasteiger partial charge in [-0.15, -0.1) is 0 Å². The molecule has 0 saturated carbocycles. The van der Waals surface area contributed by atoms with Crippen LogP contribution >= 0.6 is 0 Å². The summed E-state index contributed by atoms with van der Waals surface area (Å²) in [6.45, 7) is 2.21. The highest BCUT2D eigenvalue weighted by molar-refractivity contribution is 5.79. The quantitative estimate of drug-likeness (QED) is 0.798. The molecule has 0 amide bonds. The van der Waals surface area contributed by atoms with Gasteiger partial charge in [0.15, 0.2) is 6.29 Å². The van der Waals surface area contributed by atoms with Gasteiger partial charge in [-0.2, -0.15) is 13.2 Å². The first-order valence-electron chi connectivity index (χ1n) is 6.23. The van der Waals surface area contributed by atoms with Crippen molar-refractivity contribution in [3.8, 4) is 0 Å². The van der Waals surface area contributed by atoms with Crippen LogP contribution in [0.25, 0.3) is 0 Å². The number of benzene rings is 1. The lowest BCUT2D eigenvalue weighted by Crippen LogP contribution is -2.18. The highest BCUT2D eigenvalue weighted by Crippen LogP contribution is 2.34. The third kappa shape index (κ3) is 3.26. The standard InChI is InChI=1S/C15H14F3NO2/c1-10-11(5-6-21-10)8-19(2)13-4-3-12(9-20)14(7-13)15(16,17)18/h3-7,9H,8H2,1-2H3. The molecule has 21 heavy (non-hydrogen) atoms. The van der Waals surface area contributed by atoms with E-state index in [1.807, 2.05) is 0 Å². The van der Waals surface area contributed by atoms with Crippen molar-refractivity contribution in [2.75, 3.05) is 11.9 Å². The summed E-state index contributed by atoms with van der Waals surface area (Å²) in [7, 11) is 1.68. The van der Waals surface area contributed by atoms with Crippen LogP contribution in [-0.2, 0) is 12.7 Å². The number of aryl methyl sites for hydroxylation is 1. The third-order valence-corrected chi connectivity index (χ3v) is 3.28. The van der Waals surface area contributed by atoms with E-state index in [9.17, 15) is 18.0 Å². The van der Waals surface area contributed by atoms with Crippen molar-refractivity contribution in [2.45, 2.75) is 19.6 Å². The topological polar surface area (TPSA) is 33.5 Å². The fourth-order valence-corrected chi connectivity index (χ4v) is 2.05. The Labute approximate surface area is 120 Å². The molecule has 6 heteroatoms. The molecule has 0 fully saturated rings. The van der Waals surface area contributed by atoms with Crippen molar-refractivity contribution >= 4 is 12.0 Å². The maximum Gasteiger partial charge on any atom is 0.417 e. The van der Waals surface area contributed by atoms with Crippen molar-refractivity contribution in [3.63, 3.8) is 0 Å². The summed E-state index contributed by atoms with van der Waals surface area (Å²) in [5.74, 6) is 0.724. The average molecular weight is 297 g/mol. The lowest BCUT2D eigenvalue weighted by atomic mass is 10.1. The molecule has 1 aromatic carbocycles. The Kier molecular flexibility index (Phi) is 4.06. The fraction of sp³-hybridized carbons (Fsp3) is 0.267. The fourth-order valence-electron chi connectivity index (χ4n) is 2.05. The summed E-state index contributed by atoms with van der Waals surface area (Å²) < 4.78 is 43.9. The Balaban J connectivity index is 2.32. The van der Waals surface area contributed by atoms with Gasteiger partial charge in [0.05, 0.1) is 11.8 Å². The predicted octanol–water partition coefficient (Wildman–Crippen LogP) is 4.06. The van der Waals surface area contributed by atoms with Crippen LogP contribution in [0.15, 0.2) is 34.9 Å². The highest BCUT2D eigenvalue weighted by atomic mass is 19.4. The Bertz CT molecular complexity index is 647. The van der Waals surface area contributed by atoms with Crippen LogP contribution in [0.1, 0.15) is 27.2 Å². The van der Waals surface area contributed by atoms with Crippen molar-refractivity contribution in [1.29, 1.82) is 0 Å². The molecule has 0 aliphatic heterocycles. The van der Waals surface area contributed by atoms with E-state index in [4.69, 9.17) is 4.42 Å². The molecule has 0 aliphatic rings. The van der Waals surface area contributed by atoms with Crippen LogP contribution in [0.5, 0.6) is 0 Å². The van der Waals surface area contributed by atoms with Gasteiger partial charge in [0.2, 0.25) is 0 Å². The molecule has 0 unspecified atom stereocenters. The van der Waals surface area contributed by atoms with Gasteiger partial charge in [0.25, 0.3) is 0 Å². The summed E-state index contributed by atoms with van der Waals surface area (Å²) in [4.78, 5) is 12.4. The van der Waals surface area contributed by atoms with Gasteiger partial charge in [-0.1, -0.05) is 0 Å². The van der Waals surface area contributed by atoms with Gasteiger partial charge >= 0.3 is 6.18 Å². The molecule has 0 spiro atoms. The molecular formula is C15H14F3NO2. The predicted molar refractivity (Wildman–Crippen MR) is 72.4 cm³/mol. The molecule has 0 atom stereocenters. The van der Waals surface area contributed by atoms with Crippen LogP contribution in [0, 0.1) is 6.92 Å². The third-order valence-electron chi connectivity index (χ3n) is 3.28. The van der Waals surface area contributed by atoms with E-state index in [0.717, 1.165) is 17.4 Å². The van der Waals surface area contributed by atoms with E-state index in [-0.39, 0.29) is 11.8 Å². The second-order valence-electron chi connectivity index (χ2n) is 4.75. The monoisotopic (exact) mass is 297 g/mol. The molecule has 112 valence electrons. The van der Waals surface area contributed by atoms with Gasteiger partial charge in [-0.25, -0.2) is 0 Å². The number of halogens is 3. The number of rotatable bonds is 4. The van der Waals surface area contributed by atoms with E-state index < -0.39 is 11.7 Å². The molecule has 0 aliphatic carbocycles. The number of carbonyl (C=O) groups excluding carboxylic acids is 1. The number of aldehydes is 1. The zero-order valence-corrected chi connectivity index (χ0v) is 11.6. The normalized spacial score (nSPS) is 11.5. The van der Waals surface area contributed by atoms with Crippen LogP contribution in [0.3, 0.4) is 0 Å². The average Bonchev–Trinajstić information content (AvgIpc) is 2.82. The zero-order valence-electron chi connectivity index (χ0n) is 11.6.